The lowest BCUT2D eigenvalue weighted by atomic mass is 10.1. The Bertz CT molecular complexity index is 1140. The van der Waals surface area contributed by atoms with E-state index < -0.39 is 35.2 Å². The predicted octanol–water partition coefficient (Wildman–Crippen LogP) is 5.22. The molecular formula is C24H24F2N2O5S. The van der Waals surface area contributed by atoms with Gasteiger partial charge in [0.1, 0.15) is 18.2 Å². The van der Waals surface area contributed by atoms with Gasteiger partial charge in [0.15, 0.2) is 11.5 Å². The molecule has 1 saturated heterocycles. The highest BCUT2D eigenvalue weighted by molar-refractivity contribution is 8.18. The summed E-state index contributed by atoms with van der Waals surface area (Å²) in [6, 6.07) is 7.84. The van der Waals surface area contributed by atoms with Gasteiger partial charge in [-0.2, -0.15) is 0 Å². The molecule has 10 heteroatoms. The third kappa shape index (κ3) is 6.13. The third-order valence-corrected chi connectivity index (χ3v) is 5.76. The van der Waals surface area contributed by atoms with Crippen LogP contribution in [0.5, 0.6) is 11.5 Å². The number of amides is 3. The summed E-state index contributed by atoms with van der Waals surface area (Å²) in [6.45, 7) is 5.60. The van der Waals surface area contributed by atoms with Gasteiger partial charge in [-0.05, 0) is 67.9 Å². The van der Waals surface area contributed by atoms with Crippen LogP contribution in [0.15, 0.2) is 41.3 Å². The Balaban J connectivity index is 1.73. The Morgan fingerprint density at radius 3 is 2.59 bits per heavy atom. The first kappa shape index (κ1) is 25.2. The van der Waals surface area contributed by atoms with Crippen LogP contribution in [-0.4, -0.2) is 41.2 Å². The molecule has 180 valence electrons. The minimum Gasteiger partial charge on any atom is -0.490 e. The van der Waals surface area contributed by atoms with E-state index in [0.717, 1.165) is 23.5 Å². The highest BCUT2D eigenvalue weighted by atomic mass is 32.2. The molecule has 1 heterocycles. The lowest BCUT2D eigenvalue weighted by molar-refractivity contribution is -0.127. The zero-order valence-electron chi connectivity index (χ0n) is 18.9. The van der Waals surface area contributed by atoms with E-state index in [4.69, 9.17) is 9.47 Å². The van der Waals surface area contributed by atoms with Crippen molar-refractivity contribution in [2.24, 2.45) is 0 Å². The first-order valence-corrected chi connectivity index (χ1v) is 11.5. The van der Waals surface area contributed by atoms with Gasteiger partial charge in [0.25, 0.3) is 11.1 Å². The lowest BCUT2D eigenvalue weighted by Gasteiger charge is -2.16. The van der Waals surface area contributed by atoms with Crippen LogP contribution in [0, 0.1) is 11.6 Å². The van der Waals surface area contributed by atoms with Gasteiger partial charge in [-0.15, -0.1) is 0 Å². The minimum absolute atomic E-state index is 0.00362. The maximum atomic E-state index is 13.8. The van der Waals surface area contributed by atoms with Crippen molar-refractivity contribution in [3.8, 4) is 11.5 Å². The van der Waals surface area contributed by atoms with E-state index in [2.05, 4.69) is 5.32 Å². The maximum absolute atomic E-state index is 13.8. The van der Waals surface area contributed by atoms with Gasteiger partial charge in [0, 0.05) is 6.07 Å². The Morgan fingerprint density at radius 2 is 1.91 bits per heavy atom. The summed E-state index contributed by atoms with van der Waals surface area (Å²) in [5, 5.41) is 1.60. The second-order valence-corrected chi connectivity index (χ2v) is 8.41. The Labute approximate surface area is 200 Å². The van der Waals surface area contributed by atoms with E-state index in [0.29, 0.717) is 41.5 Å². The number of ether oxygens (including phenoxy) is 2. The van der Waals surface area contributed by atoms with Gasteiger partial charge in [-0.25, -0.2) is 8.78 Å². The summed E-state index contributed by atoms with van der Waals surface area (Å²) in [4.78, 5) is 38.2. The summed E-state index contributed by atoms with van der Waals surface area (Å²) in [6.07, 6.45) is 2.34. The SMILES string of the molecule is CCOc1cc(C=C2SC(=O)N(CC(=O)Nc3ccc(F)cc3F)C2=O)ccc1OC(C)CC. The van der Waals surface area contributed by atoms with Crippen molar-refractivity contribution in [2.75, 3.05) is 18.5 Å². The molecule has 0 bridgehead atoms. The first-order chi connectivity index (χ1) is 16.2. The largest absolute Gasteiger partial charge is 0.490 e. The number of thioether (sulfide) groups is 1. The molecule has 0 aromatic heterocycles. The van der Waals surface area contributed by atoms with E-state index in [9.17, 15) is 23.2 Å². The van der Waals surface area contributed by atoms with Crippen molar-refractivity contribution in [3.05, 3.63) is 58.5 Å². The highest BCUT2D eigenvalue weighted by Crippen LogP contribution is 2.35. The van der Waals surface area contributed by atoms with Crippen LogP contribution in [0.25, 0.3) is 6.08 Å². The minimum atomic E-state index is -0.965. The molecule has 0 spiro atoms. The zero-order chi connectivity index (χ0) is 24.8. The number of imide groups is 1. The lowest BCUT2D eigenvalue weighted by Crippen LogP contribution is -2.36. The molecule has 3 rings (SSSR count). The monoisotopic (exact) mass is 490 g/mol. The molecule has 2 aromatic rings. The number of halogens is 2. The fourth-order valence-electron chi connectivity index (χ4n) is 2.99. The van der Waals surface area contributed by atoms with Crippen LogP contribution in [0.2, 0.25) is 0 Å². The Hall–Kier alpha value is -3.40. The zero-order valence-corrected chi connectivity index (χ0v) is 19.7. The number of hydrogen-bond donors (Lipinski definition) is 1. The number of rotatable bonds is 9. The molecule has 0 saturated carbocycles. The van der Waals surface area contributed by atoms with E-state index in [1.54, 1.807) is 18.2 Å². The van der Waals surface area contributed by atoms with Crippen molar-refractivity contribution >= 4 is 40.6 Å². The second kappa shape index (κ2) is 11.1. The molecule has 1 unspecified atom stereocenters. The standard InChI is InChI=1S/C24H24F2N2O5S/c1-4-14(3)33-19-9-6-15(10-20(19)32-5-2)11-21-23(30)28(24(31)34-21)13-22(29)27-18-8-7-16(25)12-17(18)26/h6-12,14H,4-5,13H2,1-3H3,(H,27,29). The molecule has 0 aliphatic carbocycles. The number of carbonyl (C=O) groups is 3. The maximum Gasteiger partial charge on any atom is 0.294 e. The average molecular weight is 491 g/mol. The predicted molar refractivity (Wildman–Crippen MR) is 126 cm³/mol. The van der Waals surface area contributed by atoms with Crippen molar-refractivity contribution in [1.29, 1.82) is 0 Å². The van der Waals surface area contributed by atoms with Gasteiger partial charge < -0.3 is 14.8 Å². The van der Waals surface area contributed by atoms with E-state index in [-0.39, 0.29) is 16.7 Å². The second-order valence-electron chi connectivity index (χ2n) is 7.42. The molecule has 1 aliphatic rings. The fraction of sp³-hybridized carbons (Fsp3) is 0.292. The van der Waals surface area contributed by atoms with Gasteiger partial charge >= 0.3 is 0 Å². The van der Waals surface area contributed by atoms with Gasteiger partial charge in [0.05, 0.1) is 23.3 Å². The van der Waals surface area contributed by atoms with Crippen LogP contribution < -0.4 is 14.8 Å². The van der Waals surface area contributed by atoms with Gasteiger partial charge in [0.2, 0.25) is 5.91 Å². The summed E-state index contributed by atoms with van der Waals surface area (Å²) in [7, 11) is 0. The molecule has 34 heavy (non-hydrogen) atoms. The van der Waals surface area contributed by atoms with Gasteiger partial charge in [-0.3, -0.25) is 19.3 Å². The number of nitrogens with one attached hydrogen (secondary N) is 1. The third-order valence-electron chi connectivity index (χ3n) is 4.85. The Kier molecular flexibility index (Phi) is 8.27. The molecule has 7 nitrogen and oxygen atoms in total. The fourth-order valence-corrected chi connectivity index (χ4v) is 3.83. The van der Waals surface area contributed by atoms with Crippen LogP contribution in [-0.2, 0) is 9.59 Å². The van der Waals surface area contributed by atoms with Crippen LogP contribution in [0.3, 0.4) is 0 Å². The number of nitrogens with zero attached hydrogens (tertiary/aromatic N) is 1. The van der Waals surface area contributed by atoms with Crippen LogP contribution >= 0.6 is 11.8 Å². The number of benzene rings is 2. The van der Waals surface area contributed by atoms with Crippen LogP contribution in [0.4, 0.5) is 19.3 Å². The van der Waals surface area contributed by atoms with Crippen molar-refractivity contribution in [3.63, 3.8) is 0 Å². The number of hydrogen-bond acceptors (Lipinski definition) is 6. The smallest absolute Gasteiger partial charge is 0.294 e. The molecule has 0 radical (unpaired) electrons. The van der Waals surface area contributed by atoms with E-state index in [1.165, 1.54) is 6.08 Å². The quantitative estimate of drug-likeness (QED) is 0.486. The van der Waals surface area contributed by atoms with E-state index in [1.807, 2.05) is 20.8 Å². The molecule has 1 N–H and O–H groups in total. The number of carbonyl (C=O) groups excluding carboxylic acids is 3. The first-order valence-electron chi connectivity index (χ1n) is 10.7. The van der Waals surface area contributed by atoms with Crippen LogP contribution in [0.1, 0.15) is 32.8 Å². The van der Waals surface area contributed by atoms with Crippen molar-refractivity contribution < 1.29 is 32.6 Å². The molecule has 2 aromatic carbocycles. The molecule has 1 atom stereocenters. The molecular weight excluding hydrogens is 466 g/mol. The normalized spacial score (nSPS) is 15.6. The Morgan fingerprint density at radius 1 is 1.15 bits per heavy atom. The van der Waals surface area contributed by atoms with E-state index >= 15 is 0 Å². The van der Waals surface area contributed by atoms with Crippen molar-refractivity contribution in [2.45, 2.75) is 33.3 Å². The average Bonchev–Trinajstić information content (AvgIpc) is 3.04. The summed E-state index contributed by atoms with van der Waals surface area (Å²) >= 11 is 0.691. The highest BCUT2D eigenvalue weighted by Gasteiger charge is 2.36. The number of anilines is 1. The molecule has 3 amide bonds. The topological polar surface area (TPSA) is 84.9 Å². The van der Waals surface area contributed by atoms with Gasteiger partial charge in [-0.1, -0.05) is 13.0 Å². The summed E-state index contributed by atoms with van der Waals surface area (Å²) in [5.41, 5.74) is 0.361. The summed E-state index contributed by atoms with van der Waals surface area (Å²) in [5.74, 6) is -2.11. The summed E-state index contributed by atoms with van der Waals surface area (Å²) < 4.78 is 38.3. The molecule has 1 aliphatic heterocycles. The van der Waals surface area contributed by atoms with Crippen molar-refractivity contribution in [1.82, 2.24) is 4.90 Å². The molecule has 1 fully saturated rings.